The zero-order chi connectivity index (χ0) is 20.9. The second kappa shape index (κ2) is 7.51. The van der Waals surface area contributed by atoms with Gasteiger partial charge in [-0.25, -0.2) is 4.98 Å². The predicted octanol–water partition coefficient (Wildman–Crippen LogP) is 5.02. The summed E-state index contributed by atoms with van der Waals surface area (Å²) in [4.78, 5) is 7.51. The van der Waals surface area contributed by atoms with Crippen LogP contribution in [0.2, 0.25) is 0 Å². The van der Waals surface area contributed by atoms with Gasteiger partial charge in [0.1, 0.15) is 5.82 Å². The predicted molar refractivity (Wildman–Crippen MR) is 105 cm³/mol. The van der Waals surface area contributed by atoms with Gasteiger partial charge in [0.2, 0.25) is 0 Å². The van der Waals surface area contributed by atoms with Crippen molar-refractivity contribution in [2.45, 2.75) is 76.2 Å². The maximum atomic E-state index is 12.9. The maximum absolute atomic E-state index is 12.9. The summed E-state index contributed by atoms with van der Waals surface area (Å²) in [5, 5.41) is 8.82. The van der Waals surface area contributed by atoms with Crippen molar-refractivity contribution in [2.24, 2.45) is 11.8 Å². The third-order valence-corrected chi connectivity index (χ3v) is 7.00. The van der Waals surface area contributed by atoms with Gasteiger partial charge in [-0.1, -0.05) is 13.3 Å². The molecule has 0 aromatic carbocycles. The normalized spacial score (nSPS) is 30.5. The molecule has 0 amide bonds. The molecule has 3 atom stereocenters. The molecule has 1 N–H and O–H groups in total. The third kappa shape index (κ3) is 3.46. The Hall–Kier alpha value is -2.16. The number of fused-ring (bicyclic) bond motifs is 3. The Labute approximate surface area is 172 Å². The Morgan fingerprint density at radius 2 is 1.93 bits per heavy atom. The van der Waals surface area contributed by atoms with Gasteiger partial charge < -0.3 is 9.72 Å². The molecule has 5 rings (SSSR count). The van der Waals surface area contributed by atoms with E-state index in [9.17, 15) is 13.2 Å². The molecule has 0 radical (unpaired) electrons. The van der Waals surface area contributed by atoms with Crippen molar-refractivity contribution < 1.29 is 17.9 Å². The van der Waals surface area contributed by atoms with Crippen LogP contribution in [0.1, 0.15) is 63.6 Å². The molecule has 9 heteroatoms. The lowest BCUT2D eigenvalue weighted by Gasteiger charge is -2.31. The van der Waals surface area contributed by atoms with Crippen LogP contribution in [0.15, 0.2) is 18.5 Å². The lowest BCUT2D eigenvalue weighted by Crippen LogP contribution is -2.32. The van der Waals surface area contributed by atoms with Gasteiger partial charge in [-0.2, -0.15) is 13.2 Å². The van der Waals surface area contributed by atoms with Crippen LogP contribution < -0.4 is 0 Å². The Kier molecular flexibility index (Phi) is 4.95. The summed E-state index contributed by atoms with van der Waals surface area (Å²) in [6.45, 7) is 2.17. The fraction of sp³-hybridized carbons (Fsp3) is 0.667. The average Bonchev–Trinajstić information content (AvgIpc) is 3.44. The molecule has 0 spiro atoms. The molecule has 2 aliphatic carbocycles. The van der Waals surface area contributed by atoms with E-state index in [-0.39, 0.29) is 31.0 Å². The Morgan fingerprint density at radius 1 is 1.13 bits per heavy atom. The van der Waals surface area contributed by atoms with E-state index in [1.54, 1.807) is 6.20 Å². The molecule has 0 saturated heterocycles. The first kappa shape index (κ1) is 19.8. The van der Waals surface area contributed by atoms with E-state index in [4.69, 9.17) is 4.74 Å². The van der Waals surface area contributed by atoms with Gasteiger partial charge in [-0.3, -0.25) is 4.40 Å². The first-order valence-electron chi connectivity index (χ1n) is 10.8. The van der Waals surface area contributed by atoms with Gasteiger partial charge in [0.15, 0.2) is 11.3 Å². The van der Waals surface area contributed by atoms with Gasteiger partial charge in [0.25, 0.3) is 0 Å². The molecule has 0 unspecified atom stereocenters. The number of nitrogens with zero attached hydrogens (tertiary/aromatic N) is 4. The number of H-pyrrole nitrogens is 1. The van der Waals surface area contributed by atoms with Crippen molar-refractivity contribution in [3.63, 3.8) is 0 Å². The fourth-order valence-corrected chi connectivity index (χ4v) is 5.39. The first-order valence-corrected chi connectivity index (χ1v) is 10.8. The summed E-state index contributed by atoms with van der Waals surface area (Å²) in [6.07, 6.45) is 3.56. The zero-order valence-electron chi connectivity index (χ0n) is 16.9. The number of hydrogen-bond acceptors (Lipinski definition) is 4. The van der Waals surface area contributed by atoms with Crippen LogP contribution in [0.3, 0.4) is 0 Å². The molecule has 3 heterocycles. The van der Waals surface area contributed by atoms with Crippen molar-refractivity contribution in [2.75, 3.05) is 0 Å². The number of halogens is 3. The summed E-state index contributed by atoms with van der Waals surface area (Å²) in [5.41, 5.74) is 2.47. The largest absolute Gasteiger partial charge is 0.391 e. The molecule has 3 aromatic rings. The number of nitrogens with one attached hydrogen (secondary N) is 1. The van der Waals surface area contributed by atoms with E-state index in [0.717, 1.165) is 41.9 Å². The minimum atomic E-state index is -4.08. The first-order chi connectivity index (χ1) is 14.4. The summed E-state index contributed by atoms with van der Waals surface area (Å²) in [6, 6.07) is 1.98. The van der Waals surface area contributed by atoms with Gasteiger partial charge in [-0.05, 0) is 50.5 Å². The van der Waals surface area contributed by atoms with E-state index in [0.29, 0.717) is 18.8 Å². The number of aromatic nitrogens is 5. The van der Waals surface area contributed by atoms with E-state index in [1.807, 2.05) is 12.3 Å². The number of rotatable bonds is 4. The molecule has 0 aliphatic heterocycles. The van der Waals surface area contributed by atoms with Crippen LogP contribution in [0.25, 0.3) is 16.8 Å². The molecule has 2 aliphatic rings. The van der Waals surface area contributed by atoms with Gasteiger partial charge >= 0.3 is 6.18 Å². The van der Waals surface area contributed by atoms with Crippen LogP contribution in [0.4, 0.5) is 13.2 Å². The Bertz CT molecular complexity index is 1020. The van der Waals surface area contributed by atoms with Crippen molar-refractivity contribution in [3.05, 3.63) is 24.3 Å². The summed E-state index contributed by atoms with van der Waals surface area (Å²) in [7, 11) is 0. The van der Waals surface area contributed by atoms with Crippen LogP contribution in [-0.2, 0) is 4.74 Å². The molecule has 2 fully saturated rings. The van der Waals surface area contributed by atoms with Gasteiger partial charge in [0.05, 0.1) is 29.8 Å². The highest BCUT2D eigenvalue weighted by molar-refractivity contribution is 5.74. The van der Waals surface area contributed by atoms with Crippen LogP contribution in [-0.4, -0.2) is 43.0 Å². The second-order valence-electron chi connectivity index (χ2n) is 8.74. The number of ether oxygens (including phenoxy) is 1. The number of alkyl halides is 3. The van der Waals surface area contributed by atoms with Crippen LogP contribution in [0, 0.1) is 11.8 Å². The molecule has 0 bridgehead atoms. The highest BCUT2D eigenvalue weighted by Gasteiger charge is 2.43. The lowest BCUT2D eigenvalue weighted by atomic mass is 9.87. The standard InChI is InChI=1S/C21H26F3N5O/c1-2-12-9-15(30-14-5-3-13(4-6-14)21(22,23)24)10-16(12)20-28-27-18-11-26-19-17(29(18)20)7-8-25-19/h7-8,11-16,25H,2-6,9-10H2,1H3/t12-,13-,14+,15-,16+/m1/s1. The molecule has 162 valence electrons. The smallest absolute Gasteiger partial charge is 0.375 e. The number of aromatic amines is 1. The van der Waals surface area contributed by atoms with Crippen molar-refractivity contribution in [1.82, 2.24) is 24.6 Å². The van der Waals surface area contributed by atoms with E-state index < -0.39 is 12.1 Å². The summed E-state index contributed by atoms with van der Waals surface area (Å²) in [5.74, 6) is 0.380. The zero-order valence-corrected chi connectivity index (χ0v) is 16.9. The Balaban J connectivity index is 1.32. The minimum absolute atomic E-state index is 0.0586. The van der Waals surface area contributed by atoms with Crippen molar-refractivity contribution in [3.8, 4) is 0 Å². The van der Waals surface area contributed by atoms with Crippen LogP contribution >= 0.6 is 0 Å². The van der Waals surface area contributed by atoms with E-state index in [2.05, 4.69) is 31.5 Å². The Morgan fingerprint density at radius 3 is 2.67 bits per heavy atom. The highest BCUT2D eigenvalue weighted by atomic mass is 19.4. The average molecular weight is 421 g/mol. The van der Waals surface area contributed by atoms with Crippen LogP contribution in [0.5, 0.6) is 0 Å². The topological polar surface area (TPSA) is 68.1 Å². The molecular formula is C21H26F3N5O. The minimum Gasteiger partial charge on any atom is -0.375 e. The molecule has 2 saturated carbocycles. The maximum Gasteiger partial charge on any atom is 0.391 e. The molecular weight excluding hydrogens is 395 g/mol. The fourth-order valence-electron chi connectivity index (χ4n) is 5.39. The van der Waals surface area contributed by atoms with Gasteiger partial charge in [0, 0.05) is 12.1 Å². The summed E-state index contributed by atoms with van der Waals surface area (Å²) < 4.78 is 47.2. The molecule has 30 heavy (non-hydrogen) atoms. The van der Waals surface area contributed by atoms with Crippen molar-refractivity contribution >= 4 is 16.8 Å². The summed E-state index contributed by atoms with van der Waals surface area (Å²) >= 11 is 0. The SMILES string of the molecule is CC[C@@H]1C[C@@H](O[C@H]2CC[C@@H](C(F)(F)F)CC2)C[C@@H]1c1nnc2cnc3[nH]ccc3n12. The number of hydrogen-bond donors (Lipinski definition) is 1. The van der Waals surface area contributed by atoms with Crippen molar-refractivity contribution in [1.29, 1.82) is 0 Å². The van der Waals surface area contributed by atoms with E-state index in [1.165, 1.54) is 0 Å². The highest BCUT2D eigenvalue weighted by Crippen LogP contribution is 2.44. The third-order valence-electron chi connectivity index (χ3n) is 7.00. The lowest BCUT2D eigenvalue weighted by molar-refractivity contribution is -0.189. The molecule has 3 aromatic heterocycles. The monoisotopic (exact) mass is 421 g/mol. The van der Waals surface area contributed by atoms with E-state index >= 15 is 0 Å². The second-order valence-corrected chi connectivity index (χ2v) is 8.74. The quantitative estimate of drug-likeness (QED) is 0.643. The van der Waals surface area contributed by atoms with Gasteiger partial charge in [-0.15, -0.1) is 10.2 Å². The molecule has 6 nitrogen and oxygen atoms in total.